The summed E-state index contributed by atoms with van der Waals surface area (Å²) in [5.41, 5.74) is 0. The van der Waals surface area contributed by atoms with Gasteiger partial charge in [0, 0.05) is 13.2 Å². The van der Waals surface area contributed by atoms with Crippen molar-refractivity contribution in [3.05, 3.63) is 12.2 Å². The molecule has 7 nitrogen and oxygen atoms in total. The summed E-state index contributed by atoms with van der Waals surface area (Å²) in [5.74, 6) is 18.8. The maximum atomic E-state index is 8.81. The Hall–Kier alpha value is -1.99. The number of hydrogen-bond acceptors (Lipinski definition) is 7. The number of aldehydes is 5. The third-order valence-corrected chi connectivity index (χ3v) is 17.0. The maximum absolute atomic E-state index is 8.81. The molecule has 16 unspecified atom stereocenters. The molecule has 7 heteroatoms. The topological polar surface area (TPSA) is 126 Å². The standard InChI is InChI=1S/3C10H16.C10H14.2C2H6O.5C2H4O/c4*1-2-9-7-4-5-8(6-7)10(9)3-1;7*1-2-3/h3*7-10H,1-6H2;1-2,7-10H,3-6H2;2*3H,2H2,1H3;5*2H,1H3. The monoisotopic (exact) mass is 855 g/mol. The van der Waals surface area contributed by atoms with E-state index in [1.807, 2.05) is 0 Å². The minimum atomic E-state index is 0.250. The Morgan fingerprint density at radius 2 is 0.574 bits per heavy atom. The first-order valence-electron chi connectivity index (χ1n) is 25.6. The first-order valence-corrected chi connectivity index (χ1v) is 25.6. The van der Waals surface area contributed by atoms with Gasteiger partial charge in [-0.1, -0.05) is 31.4 Å². The van der Waals surface area contributed by atoms with Crippen molar-refractivity contribution in [2.75, 3.05) is 13.2 Å². The highest BCUT2D eigenvalue weighted by Gasteiger charge is 2.51. The van der Waals surface area contributed by atoms with E-state index in [9.17, 15) is 0 Å². The number of allylic oxidation sites excluding steroid dienone is 2. The van der Waals surface area contributed by atoms with Crippen molar-refractivity contribution in [3.8, 4) is 0 Å². The van der Waals surface area contributed by atoms with Crippen LogP contribution in [0.2, 0.25) is 0 Å². The summed E-state index contributed by atoms with van der Waals surface area (Å²) in [7, 11) is 0. The zero-order valence-corrected chi connectivity index (χ0v) is 40.2. The van der Waals surface area contributed by atoms with Gasteiger partial charge >= 0.3 is 0 Å². The molecule has 12 aliphatic carbocycles. The second-order valence-electron chi connectivity index (χ2n) is 19.8. The van der Waals surface area contributed by atoms with E-state index in [4.69, 9.17) is 34.2 Å². The number of carbonyl (C=O) groups excluding carboxylic acids is 5. The number of hydrogen-bond donors (Lipinski definition) is 2. The number of aliphatic hydroxyl groups excluding tert-OH is 2. The minimum absolute atomic E-state index is 0.250. The van der Waals surface area contributed by atoms with Gasteiger partial charge in [-0.15, -0.1) is 0 Å². The molecule has 0 amide bonds. The van der Waals surface area contributed by atoms with E-state index in [1.165, 1.54) is 118 Å². The van der Waals surface area contributed by atoms with Crippen molar-refractivity contribution in [2.45, 2.75) is 190 Å². The lowest BCUT2D eigenvalue weighted by Crippen LogP contribution is -2.16. The molecular formula is C54H94O7. The fourth-order valence-corrected chi connectivity index (χ4v) is 15.6. The van der Waals surface area contributed by atoms with Gasteiger partial charge in [0.15, 0.2) is 0 Å². The molecule has 11 saturated carbocycles. The Morgan fingerprint density at radius 3 is 0.803 bits per heavy atom. The predicted molar refractivity (Wildman–Crippen MR) is 251 cm³/mol. The molecule has 12 rings (SSSR count). The van der Waals surface area contributed by atoms with Crippen LogP contribution < -0.4 is 0 Å². The molecule has 0 radical (unpaired) electrons. The average molecular weight is 855 g/mol. The van der Waals surface area contributed by atoms with Crippen LogP contribution in [-0.2, 0) is 24.0 Å². The quantitative estimate of drug-likeness (QED) is 0.183. The van der Waals surface area contributed by atoms with Crippen molar-refractivity contribution in [1.82, 2.24) is 0 Å². The van der Waals surface area contributed by atoms with Crippen LogP contribution in [0.15, 0.2) is 12.2 Å². The first kappa shape index (κ1) is 55.1. The van der Waals surface area contributed by atoms with Gasteiger partial charge in [-0.05, 0) is 265 Å². The molecule has 0 aromatic carbocycles. The summed E-state index contributed by atoms with van der Waals surface area (Å²) in [6.07, 6.45) is 43.3. The molecule has 0 aliphatic heterocycles. The second-order valence-corrected chi connectivity index (χ2v) is 19.8. The van der Waals surface area contributed by atoms with Crippen LogP contribution in [0.4, 0.5) is 0 Å². The van der Waals surface area contributed by atoms with Crippen LogP contribution in [0.5, 0.6) is 0 Å². The van der Waals surface area contributed by atoms with Gasteiger partial charge in [-0.25, -0.2) is 0 Å². The molecule has 0 aromatic rings. The number of carbonyl (C=O) groups is 5. The van der Waals surface area contributed by atoms with Crippen molar-refractivity contribution < 1.29 is 34.2 Å². The van der Waals surface area contributed by atoms with E-state index in [0.717, 1.165) is 55.1 Å². The summed E-state index contributed by atoms with van der Waals surface area (Å²) >= 11 is 0. The average Bonchev–Trinajstić information content (AvgIpc) is 4.10. The fraction of sp³-hybridized carbons (Fsp3) is 0.870. The molecule has 2 N–H and O–H groups in total. The van der Waals surface area contributed by atoms with Crippen molar-refractivity contribution in [3.63, 3.8) is 0 Å². The molecule has 8 bridgehead atoms. The van der Waals surface area contributed by atoms with Gasteiger partial charge in [-0.3, -0.25) is 0 Å². The Kier molecular flexibility index (Phi) is 28.7. The Morgan fingerprint density at radius 1 is 0.377 bits per heavy atom. The van der Waals surface area contributed by atoms with E-state index in [2.05, 4.69) is 12.2 Å². The third kappa shape index (κ3) is 16.2. The molecule has 12 aliphatic rings. The molecule has 0 spiro atoms. The van der Waals surface area contributed by atoms with E-state index in [-0.39, 0.29) is 13.2 Å². The minimum Gasteiger partial charge on any atom is -0.397 e. The third-order valence-electron chi connectivity index (χ3n) is 17.0. The van der Waals surface area contributed by atoms with Crippen molar-refractivity contribution in [1.29, 1.82) is 0 Å². The molecule has 61 heavy (non-hydrogen) atoms. The number of rotatable bonds is 0. The Balaban J connectivity index is 0.000000244. The van der Waals surface area contributed by atoms with Crippen LogP contribution in [0.25, 0.3) is 0 Å². The van der Waals surface area contributed by atoms with Crippen LogP contribution >= 0.6 is 0 Å². The highest BCUT2D eigenvalue weighted by molar-refractivity contribution is 5.45. The van der Waals surface area contributed by atoms with E-state index in [0.29, 0.717) is 0 Å². The van der Waals surface area contributed by atoms with Gasteiger partial charge in [0.2, 0.25) is 0 Å². The lowest BCUT2D eigenvalue weighted by Gasteiger charge is -2.23. The van der Waals surface area contributed by atoms with Gasteiger partial charge in [-0.2, -0.15) is 0 Å². The van der Waals surface area contributed by atoms with Gasteiger partial charge in [0.1, 0.15) is 31.4 Å². The molecule has 0 saturated heterocycles. The Bertz CT molecular complexity index is 1040. The van der Waals surface area contributed by atoms with Gasteiger partial charge in [0.25, 0.3) is 0 Å². The number of aliphatic hydroxyl groups is 2. The normalized spacial score (nSPS) is 39.2. The molecule has 11 fully saturated rings. The molecule has 0 aromatic heterocycles. The SMILES string of the molecule is C1=CC2C3CCC(C3)C2C1.C1CC2C3CCC(C3)C2C1.C1CC2C3CCC(C3)C2C1.C1CC2C3CCC(C3)C2C1.CC=O.CC=O.CC=O.CC=O.CC=O.CCO.CCO. The van der Waals surface area contributed by atoms with Crippen molar-refractivity contribution >= 4 is 31.4 Å². The summed E-state index contributed by atoms with van der Waals surface area (Å²) in [6.45, 7) is 11.1. The molecule has 16 atom stereocenters. The highest BCUT2D eigenvalue weighted by Crippen LogP contribution is 2.60. The molecule has 352 valence electrons. The lowest BCUT2D eigenvalue weighted by atomic mass is 9.82. The van der Waals surface area contributed by atoms with E-state index >= 15 is 0 Å². The Labute approximate surface area is 374 Å². The van der Waals surface area contributed by atoms with E-state index in [1.54, 1.807) is 142 Å². The van der Waals surface area contributed by atoms with Gasteiger partial charge in [0.05, 0.1) is 0 Å². The van der Waals surface area contributed by atoms with E-state index < -0.39 is 0 Å². The molecule has 0 heterocycles. The smallest absolute Gasteiger partial charge is 0.116 e. The lowest BCUT2D eigenvalue weighted by molar-refractivity contribution is -0.106. The summed E-state index contributed by atoms with van der Waals surface area (Å²) in [4.78, 5) is 44.0. The highest BCUT2D eigenvalue weighted by atomic mass is 16.3. The zero-order chi connectivity index (χ0) is 45.2. The fourth-order valence-electron chi connectivity index (χ4n) is 15.6. The summed E-state index contributed by atoms with van der Waals surface area (Å²) in [6, 6.07) is 0. The van der Waals surface area contributed by atoms with Crippen LogP contribution in [0, 0.1) is 94.7 Å². The summed E-state index contributed by atoms with van der Waals surface area (Å²) < 4.78 is 0. The van der Waals surface area contributed by atoms with Crippen molar-refractivity contribution in [2.24, 2.45) is 94.7 Å². The predicted octanol–water partition coefficient (Wildman–Crippen LogP) is 12.1. The molecular weight excluding hydrogens is 761 g/mol. The van der Waals surface area contributed by atoms with Crippen LogP contribution in [0.3, 0.4) is 0 Å². The summed E-state index contributed by atoms with van der Waals surface area (Å²) in [5, 5.41) is 15.1. The zero-order valence-electron chi connectivity index (χ0n) is 40.2. The largest absolute Gasteiger partial charge is 0.397 e. The number of fused-ring (bicyclic) bond motifs is 20. The van der Waals surface area contributed by atoms with Crippen LogP contribution in [0.1, 0.15) is 190 Å². The first-order chi connectivity index (χ1) is 29.7. The van der Waals surface area contributed by atoms with Crippen LogP contribution in [-0.4, -0.2) is 54.9 Å². The maximum Gasteiger partial charge on any atom is 0.116 e. The van der Waals surface area contributed by atoms with Gasteiger partial charge < -0.3 is 34.2 Å². The second kappa shape index (κ2) is 31.8.